The molecular formula is C12H11F2N3O2. The van der Waals surface area contributed by atoms with Crippen molar-refractivity contribution in [1.29, 1.82) is 0 Å². The highest BCUT2D eigenvalue weighted by Gasteiger charge is 2.09. The molecule has 0 bridgehead atoms. The molecule has 1 heterocycles. The van der Waals surface area contributed by atoms with E-state index in [0.717, 1.165) is 5.56 Å². The molecule has 0 saturated heterocycles. The summed E-state index contributed by atoms with van der Waals surface area (Å²) in [6.45, 7) is -2.61. The highest BCUT2D eigenvalue weighted by atomic mass is 19.3. The Hall–Kier alpha value is -2.44. The van der Waals surface area contributed by atoms with E-state index in [1.807, 2.05) is 0 Å². The van der Waals surface area contributed by atoms with Crippen LogP contribution in [0.15, 0.2) is 36.7 Å². The van der Waals surface area contributed by atoms with Gasteiger partial charge in [-0.25, -0.2) is 0 Å². The Morgan fingerprint density at radius 3 is 3.00 bits per heavy atom. The van der Waals surface area contributed by atoms with E-state index in [2.05, 4.69) is 20.3 Å². The Labute approximate surface area is 107 Å². The zero-order chi connectivity index (χ0) is 13.7. The number of amides is 1. The second-order valence-electron chi connectivity index (χ2n) is 3.70. The van der Waals surface area contributed by atoms with Crippen LogP contribution < -0.4 is 10.1 Å². The average Bonchev–Trinajstić information content (AvgIpc) is 2.88. The van der Waals surface area contributed by atoms with Crippen molar-refractivity contribution < 1.29 is 18.3 Å². The van der Waals surface area contributed by atoms with Gasteiger partial charge in [0, 0.05) is 23.9 Å². The molecular weight excluding hydrogens is 256 g/mol. The summed E-state index contributed by atoms with van der Waals surface area (Å²) < 4.78 is 28.3. The number of benzene rings is 1. The summed E-state index contributed by atoms with van der Waals surface area (Å²) in [5, 5.41) is 9.00. The van der Waals surface area contributed by atoms with Gasteiger partial charge in [-0.15, -0.1) is 0 Å². The van der Waals surface area contributed by atoms with Gasteiger partial charge in [0.25, 0.3) is 5.91 Å². The van der Waals surface area contributed by atoms with Crippen LogP contribution in [0.5, 0.6) is 5.75 Å². The number of carbonyl (C=O) groups excluding carboxylic acids is 1. The standard InChI is InChI=1S/C12H11F2N3O2/c13-12(14)19-10-3-1-2-9(4-10)11(18)15-5-8-6-16-17-7-8/h1-4,6-7,12H,5H2,(H,15,18)(H,16,17). The van der Waals surface area contributed by atoms with Crippen molar-refractivity contribution in [2.24, 2.45) is 0 Å². The van der Waals surface area contributed by atoms with Crippen molar-refractivity contribution in [2.75, 3.05) is 0 Å². The first kappa shape index (κ1) is 13.0. The summed E-state index contributed by atoms with van der Waals surface area (Å²) >= 11 is 0. The fraction of sp³-hybridized carbons (Fsp3) is 0.167. The zero-order valence-electron chi connectivity index (χ0n) is 9.77. The third-order valence-corrected chi connectivity index (χ3v) is 2.33. The molecule has 1 amide bonds. The van der Waals surface area contributed by atoms with Gasteiger partial charge in [-0.05, 0) is 18.2 Å². The molecule has 2 aromatic rings. The van der Waals surface area contributed by atoms with E-state index >= 15 is 0 Å². The van der Waals surface area contributed by atoms with Crippen molar-refractivity contribution >= 4 is 5.91 Å². The molecule has 0 fully saturated rings. The van der Waals surface area contributed by atoms with Crippen LogP contribution in [0, 0.1) is 0 Å². The fourth-order valence-electron chi connectivity index (χ4n) is 1.47. The lowest BCUT2D eigenvalue weighted by Crippen LogP contribution is -2.22. The van der Waals surface area contributed by atoms with Crippen LogP contribution in [-0.2, 0) is 6.54 Å². The first-order chi connectivity index (χ1) is 9.15. The fourth-order valence-corrected chi connectivity index (χ4v) is 1.47. The van der Waals surface area contributed by atoms with E-state index in [-0.39, 0.29) is 17.2 Å². The minimum absolute atomic E-state index is 0.0500. The molecule has 1 aromatic carbocycles. The molecule has 7 heteroatoms. The highest BCUT2D eigenvalue weighted by molar-refractivity contribution is 5.94. The number of H-pyrrole nitrogens is 1. The predicted molar refractivity (Wildman–Crippen MR) is 62.8 cm³/mol. The van der Waals surface area contributed by atoms with E-state index in [9.17, 15) is 13.6 Å². The van der Waals surface area contributed by atoms with E-state index in [1.165, 1.54) is 24.3 Å². The quantitative estimate of drug-likeness (QED) is 0.870. The number of alkyl halides is 2. The van der Waals surface area contributed by atoms with Gasteiger partial charge in [0.1, 0.15) is 5.75 Å². The summed E-state index contributed by atoms with van der Waals surface area (Å²) in [5.74, 6) is -0.424. The van der Waals surface area contributed by atoms with Crippen molar-refractivity contribution in [3.05, 3.63) is 47.8 Å². The van der Waals surface area contributed by atoms with Gasteiger partial charge in [0.2, 0.25) is 0 Å². The van der Waals surface area contributed by atoms with Crippen LogP contribution in [0.1, 0.15) is 15.9 Å². The zero-order valence-corrected chi connectivity index (χ0v) is 9.77. The number of nitrogens with zero attached hydrogens (tertiary/aromatic N) is 1. The molecule has 2 N–H and O–H groups in total. The minimum Gasteiger partial charge on any atom is -0.435 e. The largest absolute Gasteiger partial charge is 0.435 e. The third kappa shape index (κ3) is 3.77. The van der Waals surface area contributed by atoms with E-state index < -0.39 is 6.61 Å². The molecule has 0 unspecified atom stereocenters. The second kappa shape index (κ2) is 5.94. The van der Waals surface area contributed by atoms with Crippen molar-refractivity contribution in [3.63, 3.8) is 0 Å². The Balaban J connectivity index is 1.98. The molecule has 0 aliphatic carbocycles. The molecule has 5 nitrogen and oxygen atoms in total. The van der Waals surface area contributed by atoms with Gasteiger partial charge in [0.05, 0.1) is 6.20 Å². The average molecular weight is 267 g/mol. The van der Waals surface area contributed by atoms with Crippen LogP contribution in [0.2, 0.25) is 0 Å². The van der Waals surface area contributed by atoms with Gasteiger partial charge in [-0.3, -0.25) is 9.89 Å². The number of nitrogens with one attached hydrogen (secondary N) is 2. The maximum atomic E-state index is 12.1. The lowest BCUT2D eigenvalue weighted by molar-refractivity contribution is -0.0498. The lowest BCUT2D eigenvalue weighted by atomic mass is 10.2. The van der Waals surface area contributed by atoms with Crippen molar-refractivity contribution in [1.82, 2.24) is 15.5 Å². The van der Waals surface area contributed by atoms with E-state index in [1.54, 1.807) is 12.4 Å². The van der Waals surface area contributed by atoms with Crippen LogP contribution in [0.25, 0.3) is 0 Å². The van der Waals surface area contributed by atoms with Crippen LogP contribution in [-0.4, -0.2) is 22.7 Å². The summed E-state index contributed by atoms with van der Waals surface area (Å²) in [6.07, 6.45) is 3.23. The molecule has 0 spiro atoms. The Kier molecular flexibility index (Phi) is 4.07. The Bertz CT molecular complexity index is 544. The summed E-state index contributed by atoms with van der Waals surface area (Å²) in [4.78, 5) is 11.8. The summed E-state index contributed by atoms with van der Waals surface area (Å²) in [6, 6.07) is 5.61. The highest BCUT2D eigenvalue weighted by Crippen LogP contribution is 2.15. The third-order valence-electron chi connectivity index (χ3n) is 2.33. The Morgan fingerprint density at radius 1 is 1.47 bits per heavy atom. The first-order valence-electron chi connectivity index (χ1n) is 5.46. The van der Waals surface area contributed by atoms with Gasteiger partial charge in [0.15, 0.2) is 0 Å². The smallest absolute Gasteiger partial charge is 0.387 e. The minimum atomic E-state index is -2.91. The van der Waals surface area contributed by atoms with Crippen molar-refractivity contribution in [2.45, 2.75) is 13.2 Å². The van der Waals surface area contributed by atoms with Crippen LogP contribution in [0.4, 0.5) is 8.78 Å². The van der Waals surface area contributed by atoms with Crippen molar-refractivity contribution in [3.8, 4) is 5.75 Å². The molecule has 100 valence electrons. The second-order valence-corrected chi connectivity index (χ2v) is 3.70. The molecule has 19 heavy (non-hydrogen) atoms. The molecule has 2 rings (SSSR count). The molecule has 0 radical (unpaired) electrons. The maximum Gasteiger partial charge on any atom is 0.387 e. The number of halogens is 2. The number of hydrogen-bond donors (Lipinski definition) is 2. The number of aromatic amines is 1. The lowest BCUT2D eigenvalue weighted by Gasteiger charge is -2.07. The van der Waals surface area contributed by atoms with Gasteiger partial charge in [-0.1, -0.05) is 6.07 Å². The Morgan fingerprint density at radius 2 is 2.32 bits per heavy atom. The molecule has 0 atom stereocenters. The topological polar surface area (TPSA) is 67.0 Å². The normalized spacial score (nSPS) is 10.5. The SMILES string of the molecule is O=C(NCc1cn[nH]c1)c1cccc(OC(F)F)c1. The molecule has 0 saturated carbocycles. The molecule has 1 aromatic heterocycles. The first-order valence-corrected chi connectivity index (χ1v) is 5.46. The van der Waals surface area contributed by atoms with E-state index in [4.69, 9.17) is 0 Å². The number of hydrogen-bond acceptors (Lipinski definition) is 3. The number of ether oxygens (including phenoxy) is 1. The summed E-state index contributed by atoms with van der Waals surface area (Å²) in [5.41, 5.74) is 1.06. The molecule has 0 aliphatic rings. The number of carbonyl (C=O) groups is 1. The van der Waals surface area contributed by atoms with Crippen LogP contribution in [0.3, 0.4) is 0 Å². The van der Waals surface area contributed by atoms with E-state index in [0.29, 0.717) is 6.54 Å². The number of aromatic nitrogens is 2. The maximum absolute atomic E-state index is 12.1. The van der Waals surface area contributed by atoms with Gasteiger partial charge in [-0.2, -0.15) is 13.9 Å². The van der Waals surface area contributed by atoms with Crippen LogP contribution >= 0.6 is 0 Å². The predicted octanol–water partition coefficient (Wildman–Crippen LogP) is 1.94. The van der Waals surface area contributed by atoms with Gasteiger partial charge < -0.3 is 10.1 Å². The summed E-state index contributed by atoms with van der Waals surface area (Å²) in [7, 11) is 0. The monoisotopic (exact) mass is 267 g/mol. The number of rotatable bonds is 5. The van der Waals surface area contributed by atoms with Gasteiger partial charge >= 0.3 is 6.61 Å². The molecule has 0 aliphatic heterocycles.